The molecule has 0 fully saturated rings. The number of aliphatic hydroxyl groups is 1. The van der Waals surface area contributed by atoms with Gasteiger partial charge in [-0.1, -0.05) is 12.1 Å². The number of hydrogen-bond acceptors (Lipinski definition) is 6. The fourth-order valence-corrected chi connectivity index (χ4v) is 1.46. The molecule has 1 aromatic carbocycles. The van der Waals surface area contributed by atoms with Crippen LogP contribution in [0.15, 0.2) is 36.2 Å². The van der Waals surface area contributed by atoms with E-state index in [0.29, 0.717) is 12.3 Å². The number of esters is 1. The van der Waals surface area contributed by atoms with Gasteiger partial charge in [-0.05, 0) is 24.6 Å². The Kier molecular flexibility index (Phi) is 5.84. The van der Waals surface area contributed by atoms with Gasteiger partial charge in [0.15, 0.2) is 0 Å². The van der Waals surface area contributed by atoms with Crippen molar-refractivity contribution in [2.45, 2.75) is 13.3 Å². The third kappa shape index (κ3) is 4.99. The van der Waals surface area contributed by atoms with Crippen LogP contribution < -0.4 is 16.6 Å². The second-order valence-electron chi connectivity index (χ2n) is 3.92. The van der Waals surface area contributed by atoms with Crippen LogP contribution in [0.1, 0.15) is 12.5 Å². The minimum absolute atomic E-state index is 0.229. The number of benzene rings is 1. The molecule has 0 bridgehead atoms. The van der Waals surface area contributed by atoms with E-state index in [0.717, 1.165) is 5.56 Å². The Hall–Kier alpha value is -2.05. The number of ether oxygens (including phenoxy) is 1. The number of carbonyl (C=O) groups is 1. The van der Waals surface area contributed by atoms with Gasteiger partial charge in [0, 0.05) is 6.20 Å². The normalized spacial score (nSPS) is 11.2. The first-order valence-electron chi connectivity index (χ1n) is 5.92. The zero-order valence-electron chi connectivity index (χ0n) is 10.9. The maximum absolute atomic E-state index is 11.3. The molecule has 1 rings (SSSR count). The summed E-state index contributed by atoms with van der Waals surface area (Å²) in [6.45, 7) is 1.89. The van der Waals surface area contributed by atoms with Gasteiger partial charge in [-0.15, -0.1) is 0 Å². The lowest BCUT2D eigenvalue weighted by molar-refractivity contribution is -0.142. The SMILES string of the molecule is CCOC(=O)Cc1ccc(N(N)/C=C(\N)CO)cc1. The van der Waals surface area contributed by atoms with Crippen molar-refractivity contribution >= 4 is 11.7 Å². The van der Waals surface area contributed by atoms with E-state index in [1.165, 1.54) is 11.2 Å². The molecular weight excluding hydrogens is 246 g/mol. The Morgan fingerprint density at radius 1 is 1.42 bits per heavy atom. The molecule has 0 unspecified atom stereocenters. The molecule has 0 atom stereocenters. The van der Waals surface area contributed by atoms with E-state index >= 15 is 0 Å². The summed E-state index contributed by atoms with van der Waals surface area (Å²) in [5.74, 6) is 5.48. The van der Waals surface area contributed by atoms with Crippen LogP contribution in [0, 0.1) is 0 Å². The van der Waals surface area contributed by atoms with E-state index in [1.807, 2.05) is 0 Å². The minimum Gasteiger partial charge on any atom is -0.466 e. The van der Waals surface area contributed by atoms with E-state index < -0.39 is 0 Å². The maximum Gasteiger partial charge on any atom is 0.310 e. The molecule has 6 heteroatoms. The smallest absolute Gasteiger partial charge is 0.310 e. The van der Waals surface area contributed by atoms with Gasteiger partial charge in [0.05, 0.1) is 31.0 Å². The van der Waals surface area contributed by atoms with Crippen molar-refractivity contribution in [1.29, 1.82) is 0 Å². The highest BCUT2D eigenvalue weighted by Crippen LogP contribution is 2.14. The maximum atomic E-state index is 11.3. The van der Waals surface area contributed by atoms with Crippen molar-refractivity contribution in [2.24, 2.45) is 11.6 Å². The molecule has 0 spiro atoms. The molecule has 0 aliphatic rings. The van der Waals surface area contributed by atoms with Crippen molar-refractivity contribution in [3.05, 3.63) is 41.7 Å². The van der Waals surface area contributed by atoms with E-state index in [1.54, 1.807) is 31.2 Å². The first-order chi connectivity index (χ1) is 9.06. The minimum atomic E-state index is -0.260. The lowest BCUT2D eigenvalue weighted by Gasteiger charge is -2.15. The lowest BCUT2D eigenvalue weighted by Crippen LogP contribution is -2.26. The number of rotatable bonds is 6. The van der Waals surface area contributed by atoms with Gasteiger partial charge in [-0.3, -0.25) is 9.80 Å². The Balaban J connectivity index is 2.68. The van der Waals surface area contributed by atoms with Crippen LogP contribution in [0.5, 0.6) is 0 Å². The van der Waals surface area contributed by atoms with Crippen LogP contribution >= 0.6 is 0 Å². The molecule has 0 aliphatic carbocycles. The van der Waals surface area contributed by atoms with Gasteiger partial charge in [0.1, 0.15) is 0 Å². The third-order valence-electron chi connectivity index (χ3n) is 2.38. The number of nitrogens with zero attached hydrogens (tertiary/aromatic N) is 1. The molecule has 6 nitrogen and oxygen atoms in total. The zero-order chi connectivity index (χ0) is 14.3. The molecular formula is C13H19N3O3. The molecule has 0 aromatic heterocycles. The van der Waals surface area contributed by atoms with E-state index in [2.05, 4.69) is 0 Å². The number of hydrogen-bond donors (Lipinski definition) is 3. The standard InChI is InChI=1S/C13H19N3O3/c1-2-19-13(18)7-10-3-5-12(6-4-10)16(15)8-11(14)9-17/h3-6,8,17H,2,7,9,14-15H2,1H3/b11-8-. The Labute approximate surface area is 112 Å². The number of carbonyl (C=O) groups excluding carboxylic acids is 1. The Bertz CT molecular complexity index is 443. The summed E-state index contributed by atoms with van der Waals surface area (Å²) >= 11 is 0. The van der Waals surface area contributed by atoms with E-state index in [4.69, 9.17) is 21.4 Å². The summed E-state index contributed by atoms with van der Waals surface area (Å²) in [7, 11) is 0. The van der Waals surface area contributed by atoms with E-state index in [9.17, 15) is 4.79 Å². The summed E-state index contributed by atoms with van der Waals surface area (Å²) in [6.07, 6.45) is 1.66. The van der Waals surface area contributed by atoms with Crippen LogP contribution in [0.25, 0.3) is 0 Å². The summed E-state index contributed by atoms with van der Waals surface area (Å²) in [6, 6.07) is 7.09. The average molecular weight is 265 g/mol. The molecule has 0 radical (unpaired) electrons. The molecule has 0 amide bonds. The van der Waals surface area contributed by atoms with Crippen molar-refractivity contribution in [1.82, 2.24) is 0 Å². The number of anilines is 1. The van der Waals surface area contributed by atoms with Crippen LogP contribution in [-0.2, 0) is 16.0 Å². The summed E-state index contributed by atoms with van der Waals surface area (Å²) < 4.78 is 4.86. The predicted octanol–water partition coefficient (Wildman–Crippen LogP) is 0.265. The Morgan fingerprint density at radius 3 is 2.58 bits per heavy atom. The van der Waals surface area contributed by atoms with Gasteiger partial charge >= 0.3 is 5.97 Å². The van der Waals surface area contributed by atoms with Crippen LogP contribution in [0.2, 0.25) is 0 Å². The summed E-state index contributed by atoms with van der Waals surface area (Å²) in [5, 5.41) is 10.1. The molecule has 1 aromatic rings. The largest absolute Gasteiger partial charge is 0.466 e. The average Bonchev–Trinajstić information content (AvgIpc) is 2.39. The molecule has 19 heavy (non-hydrogen) atoms. The van der Waals surface area contributed by atoms with E-state index in [-0.39, 0.29) is 24.7 Å². The first kappa shape index (κ1) is 15.0. The zero-order valence-corrected chi connectivity index (χ0v) is 10.9. The Morgan fingerprint density at radius 2 is 2.05 bits per heavy atom. The van der Waals surface area contributed by atoms with Crippen molar-refractivity contribution < 1.29 is 14.6 Å². The van der Waals surface area contributed by atoms with Gasteiger partial charge in [-0.25, -0.2) is 5.84 Å². The quantitative estimate of drug-likeness (QED) is 0.387. The molecule has 5 N–H and O–H groups in total. The second kappa shape index (κ2) is 7.40. The van der Waals surface area contributed by atoms with Gasteiger partial charge < -0.3 is 15.6 Å². The fourth-order valence-electron chi connectivity index (χ4n) is 1.46. The third-order valence-corrected chi connectivity index (χ3v) is 2.38. The van der Waals surface area contributed by atoms with Crippen LogP contribution in [0.3, 0.4) is 0 Å². The molecule has 0 heterocycles. The lowest BCUT2D eigenvalue weighted by atomic mass is 10.1. The molecule has 0 saturated heterocycles. The van der Waals surface area contributed by atoms with Crippen molar-refractivity contribution in [3.63, 3.8) is 0 Å². The molecule has 0 aliphatic heterocycles. The fraction of sp³-hybridized carbons (Fsp3) is 0.308. The van der Waals surface area contributed by atoms with Crippen LogP contribution in [-0.4, -0.2) is 24.3 Å². The highest BCUT2D eigenvalue weighted by atomic mass is 16.5. The predicted molar refractivity (Wildman–Crippen MR) is 72.8 cm³/mol. The number of aliphatic hydroxyl groups excluding tert-OH is 1. The first-order valence-corrected chi connectivity index (χ1v) is 5.92. The van der Waals surface area contributed by atoms with Crippen molar-refractivity contribution in [2.75, 3.05) is 18.2 Å². The van der Waals surface area contributed by atoms with Crippen LogP contribution in [0.4, 0.5) is 5.69 Å². The summed E-state index contributed by atoms with van der Waals surface area (Å²) in [5.41, 5.74) is 7.27. The number of nitrogens with two attached hydrogens (primary N) is 2. The monoisotopic (exact) mass is 265 g/mol. The summed E-state index contributed by atoms with van der Waals surface area (Å²) in [4.78, 5) is 11.3. The van der Waals surface area contributed by atoms with Gasteiger partial charge in [0.25, 0.3) is 0 Å². The highest BCUT2D eigenvalue weighted by Gasteiger charge is 2.05. The molecule has 104 valence electrons. The van der Waals surface area contributed by atoms with Gasteiger partial charge in [0.2, 0.25) is 0 Å². The highest BCUT2D eigenvalue weighted by molar-refractivity contribution is 5.72. The second-order valence-corrected chi connectivity index (χ2v) is 3.92. The number of hydrazine groups is 1. The van der Waals surface area contributed by atoms with Crippen molar-refractivity contribution in [3.8, 4) is 0 Å². The molecule has 0 saturated carbocycles. The topological polar surface area (TPSA) is 102 Å². The van der Waals surface area contributed by atoms with Gasteiger partial charge in [-0.2, -0.15) is 0 Å².